The predicted molar refractivity (Wildman–Crippen MR) is 119 cm³/mol. The van der Waals surface area contributed by atoms with Crippen molar-refractivity contribution < 1.29 is 18.3 Å². The van der Waals surface area contributed by atoms with Crippen LogP contribution in [0.5, 0.6) is 0 Å². The average Bonchev–Trinajstić information content (AvgIpc) is 3.26. The Kier molecular flexibility index (Phi) is 6.83. The number of oxazole rings is 1. The molecule has 0 saturated carbocycles. The number of nitrogens with zero attached hydrogens (tertiary/aromatic N) is 1. The van der Waals surface area contributed by atoms with Crippen LogP contribution in [-0.4, -0.2) is 30.6 Å². The van der Waals surface area contributed by atoms with Gasteiger partial charge in [-0.2, -0.15) is 0 Å². The molecule has 1 aliphatic rings. The van der Waals surface area contributed by atoms with Crippen LogP contribution >= 0.6 is 15.9 Å². The highest BCUT2D eigenvalue weighted by molar-refractivity contribution is 9.10. The zero-order valence-corrected chi connectivity index (χ0v) is 18.7. The highest BCUT2D eigenvalue weighted by Gasteiger charge is 2.35. The summed E-state index contributed by atoms with van der Waals surface area (Å²) in [7, 11) is 0. The Hall–Kier alpha value is -2.51. The van der Waals surface area contributed by atoms with Crippen LogP contribution < -0.4 is 5.32 Å². The van der Waals surface area contributed by atoms with Crippen LogP contribution in [0, 0.1) is 5.82 Å². The van der Waals surface area contributed by atoms with Crippen molar-refractivity contribution in [2.75, 3.05) is 19.8 Å². The number of halogens is 2. The van der Waals surface area contributed by atoms with E-state index in [1.165, 1.54) is 17.8 Å². The lowest BCUT2D eigenvalue weighted by molar-refractivity contribution is -0.121. The normalized spacial score (nSPS) is 15.5. The van der Waals surface area contributed by atoms with Crippen molar-refractivity contribution in [2.45, 2.75) is 31.1 Å². The molecule has 0 atom stereocenters. The van der Waals surface area contributed by atoms with Gasteiger partial charge in [0.15, 0.2) is 11.7 Å². The topological polar surface area (TPSA) is 64.4 Å². The number of amides is 1. The van der Waals surface area contributed by atoms with E-state index in [4.69, 9.17) is 9.15 Å². The maximum absolute atomic E-state index is 13.9. The van der Waals surface area contributed by atoms with Crippen LogP contribution in [0.3, 0.4) is 0 Å². The van der Waals surface area contributed by atoms with Gasteiger partial charge in [-0.25, -0.2) is 9.37 Å². The summed E-state index contributed by atoms with van der Waals surface area (Å²) in [6.45, 7) is 1.91. The van der Waals surface area contributed by atoms with Gasteiger partial charge in [0.2, 0.25) is 5.91 Å². The molecule has 0 unspecified atom stereocenters. The van der Waals surface area contributed by atoms with E-state index >= 15 is 0 Å². The molecule has 1 aliphatic heterocycles. The van der Waals surface area contributed by atoms with Gasteiger partial charge in [-0.1, -0.05) is 40.2 Å². The summed E-state index contributed by atoms with van der Waals surface area (Å²) in [4.78, 5) is 16.7. The first-order valence-corrected chi connectivity index (χ1v) is 11.2. The number of hydrogen-bond donors (Lipinski definition) is 1. The van der Waals surface area contributed by atoms with Gasteiger partial charge >= 0.3 is 0 Å². The maximum Gasteiger partial charge on any atom is 0.220 e. The highest BCUT2D eigenvalue weighted by Crippen LogP contribution is 2.35. The van der Waals surface area contributed by atoms with E-state index < -0.39 is 0 Å². The number of rotatable bonds is 7. The fraction of sp³-hybridized carbons (Fsp3) is 0.333. The van der Waals surface area contributed by atoms with E-state index in [1.54, 1.807) is 18.2 Å². The maximum atomic E-state index is 13.9. The van der Waals surface area contributed by atoms with Crippen molar-refractivity contribution in [3.05, 3.63) is 76.5 Å². The zero-order valence-electron chi connectivity index (χ0n) is 17.1. The lowest BCUT2D eigenvalue weighted by atomic mass is 9.74. The van der Waals surface area contributed by atoms with Gasteiger partial charge in [0.25, 0.3) is 0 Å². The molecule has 1 N–H and O–H groups in total. The second kappa shape index (κ2) is 9.75. The zero-order chi connectivity index (χ0) is 21.7. The van der Waals surface area contributed by atoms with Crippen LogP contribution in [0.2, 0.25) is 0 Å². The molecule has 4 rings (SSSR count). The minimum Gasteiger partial charge on any atom is -0.441 e. The molecule has 0 aliphatic carbocycles. The SMILES string of the molecule is O=C(CCc1ncc(-c2ccccc2F)o1)NCC1(c2cccc(Br)c2)CCOCC1. The number of carbonyl (C=O) groups is 1. The molecule has 7 heteroatoms. The van der Waals surface area contributed by atoms with E-state index in [2.05, 4.69) is 38.4 Å². The number of hydrogen-bond acceptors (Lipinski definition) is 4. The summed E-state index contributed by atoms with van der Waals surface area (Å²) in [6.07, 6.45) is 3.82. The molecule has 162 valence electrons. The van der Waals surface area contributed by atoms with E-state index in [1.807, 2.05) is 12.1 Å². The Labute approximate surface area is 189 Å². The second-order valence-electron chi connectivity index (χ2n) is 7.78. The largest absolute Gasteiger partial charge is 0.441 e. The van der Waals surface area contributed by atoms with E-state index in [9.17, 15) is 9.18 Å². The molecule has 0 radical (unpaired) electrons. The summed E-state index contributed by atoms with van der Waals surface area (Å²) < 4.78 is 26.1. The number of benzene rings is 2. The quantitative estimate of drug-likeness (QED) is 0.507. The van der Waals surface area contributed by atoms with Crippen LogP contribution in [-0.2, 0) is 21.4 Å². The van der Waals surface area contributed by atoms with Crippen LogP contribution in [0.15, 0.2) is 63.6 Å². The monoisotopic (exact) mass is 486 g/mol. The van der Waals surface area contributed by atoms with Crippen molar-refractivity contribution in [3.8, 4) is 11.3 Å². The van der Waals surface area contributed by atoms with E-state index in [-0.39, 0.29) is 23.6 Å². The number of ether oxygens (including phenoxy) is 1. The summed E-state index contributed by atoms with van der Waals surface area (Å²) in [6, 6.07) is 14.6. The smallest absolute Gasteiger partial charge is 0.220 e. The van der Waals surface area contributed by atoms with Crippen LogP contribution in [0.4, 0.5) is 4.39 Å². The lowest BCUT2D eigenvalue weighted by Crippen LogP contribution is -2.44. The van der Waals surface area contributed by atoms with Crippen LogP contribution in [0.1, 0.15) is 30.7 Å². The standard InChI is InChI=1S/C24H24BrFN2O3/c25-18-5-3-4-17(14-18)24(10-12-30-13-11-24)16-28-22(29)8-9-23-27-15-21(31-23)19-6-1-2-7-20(19)26/h1-7,14-15H,8-13,16H2,(H,28,29). The Bertz CT molecular complexity index is 1050. The first-order valence-electron chi connectivity index (χ1n) is 10.4. The molecular formula is C24H24BrFN2O3. The highest BCUT2D eigenvalue weighted by atomic mass is 79.9. The van der Waals surface area contributed by atoms with E-state index in [0.717, 1.165) is 17.3 Å². The molecule has 5 nitrogen and oxygen atoms in total. The third-order valence-corrected chi connectivity index (χ3v) is 6.26. The lowest BCUT2D eigenvalue weighted by Gasteiger charge is -2.38. The second-order valence-corrected chi connectivity index (χ2v) is 8.69. The first-order chi connectivity index (χ1) is 15.1. The molecule has 2 heterocycles. The summed E-state index contributed by atoms with van der Waals surface area (Å²) in [5.74, 6) is 0.356. The summed E-state index contributed by atoms with van der Waals surface area (Å²) in [5.41, 5.74) is 1.42. The third-order valence-electron chi connectivity index (χ3n) is 5.77. The molecule has 1 fully saturated rings. The van der Waals surface area contributed by atoms with Crippen molar-refractivity contribution >= 4 is 21.8 Å². The Morgan fingerprint density at radius 1 is 1.16 bits per heavy atom. The van der Waals surface area contributed by atoms with Gasteiger partial charge in [0, 0.05) is 42.5 Å². The van der Waals surface area contributed by atoms with Gasteiger partial charge in [-0.3, -0.25) is 4.79 Å². The minimum absolute atomic E-state index is 0.0634. The first kappa shape index (κ1) is 21.7. The Balaban J connectivity index is 1.36. The minimum atomic E-state index is -0.364. The van der Waals surface area contributed by atoms with E-state index in [0.29, 0.717) is 43.4 Å². The Morgan fingerprint density at radius 2 is 1.97 bits per heavy atom. The van der Waals surface area contributed by atoms with Gasteiger partial charge < -0.3 is 14.5 Å². The number of aryl methyl sites for hydroxylation is 1. The van der Waals surface area contributed by atoms with Crippen molar-refractivity contribution in [1.82, 2.24) is 10.3 Å². The molecular weight excluding hydrogens is 463 g/mol. The molecule has 1 amide bonds. The Morgan fingerprint density at radius 3 is 2.74 bits per heavy atom. The van der Waals surface area contributed by atoms with Crippen molar-refractivity contribution in [2.24, 2.45) is 0 Å². The van der Waals surface area contributed by atoms with Gasteiger partial charge in [0.1, 0.15) is 5.82 Å². The fourth-order valence-electron chi connectivity index (χ4n) is 3.94. The molecule has 31 heavy (non-hydrogen) atoms. The molecule has 1 saturated heterocycles. The molecule has 1 aromatic heterocycles. The molecule has 3 aromatic rings. The molecule has 2 aromatic carbocycles. The van der Waals surface area contributed by atoms with Gasteiger partial charge in [-0.15, -0.1) is 0 Å². The third kappa shape index (κ3) is 5.22. The van der Waals surface area contributed by atoms with Crippen LogP contribution in [0.25, 0.3) is 11.3 Å². The number of carbonyl (C=O) groups excluding carboxylic acids is 1. The average molecular weight is 487 g/mol. The fourth-order valence-corrected chi connectivity index (χ4v) is 4.34. The summed E-state index contributed by atoms with van der Waals surface area (Å²) in [5, 5.41) is 3.09. The molecule has 0 spiro atoms. The summed E-state index contributed by atoms with van der Waals surface area (Å²) >= 11 is 3.55. The van der Waals surface area contributed by atoms with Gasteiger partial charge in [0.05, 0.1) is 11.8 Å². The van der Waals surface area contributed by atoms with Crippen molar-refractivity contribution in [3.63, 3.8) is 0 Å². The number of aromatic nitrogens is 1. The van der Waals surface area contributed by atoms with Crippen molar-refractivity contribution in [1.29, 1.82) is 0 Å². The molecule has 0 bridgehead atoms. The van der Waals surface area contributed by atoms with Gasteiger partial charge in [-0.05, 0) is 42.7 Å². The predicted octanol–water partition coefficient (Wildman–Crippen LogP) is 5.04. The number of nitrogens with one attached hydrogen (secondary N) is 1.